The molecule has 0 aromatic heterocycles. The van der Waals surface area contributed by atoms with Gasteiger partial charge in [0.15, 0.2) is 0 Å². The molecule has 1 aliphatic carbocycles. The second-order valence-corrected chi connectivity index (χ2v) is 6.89. The molecule has 1 saturated heterocycles. The summed E-state index contributed by atoms with van der Waals surface area (Å²) in [6.07, 6.45) is 5.42. The fraction of sp³-hybridized carbons (Fsp3) is 0.526. The van der Waals surface area contributed by atoms with Gasteiger partial charge in [0, 0.05) is 24.6 Å². The minimum absolute atomic E-state index is 0.110. The number of amides is 2. The highest BCUT2D eigenvalue weighted by Gasteiger charge is 2.34. The molecular weight excluding hydrogens is 320 g/mol. The molecular formula is C19H24N2O4. The predicted octanol–water partition coefficient (Wildman–Crippen LogP) is 2.18. The number of carboxylic acids is 1. The number of carbonyl (C=O) groups is 3. The number of benzene rings is 1. The van der Waals surface area contributed by atoms with Crippen molar-refractivity contribution in [2.45, 2.75) is 51.1 Å². The van der Waals surface area contributed by atoms with Gasteiger partial charge in [0.2, 0.25) is 5.91 Å². The Morgan fingerprint density at radius 3 is 2.36 bits per heavy atom. The van der Waals surface area contributed by atoms with Crippen LogP contribution in [0, 0.1) is 5.92 Å². The number of carboxylic acid groups (broad SMARTS) is 1. The number of aliphatic carboxylic acids is 1. The quantitative estimate of drug-likeness (QED) is 0.857. The minimum Gasteiger partial charge on any atom is -0.480 e. The molecule has 0 spiro atoms. The molecule has 1 aromatic rings. The summed E-state index contributed by atoms with van der Waals surface area (Å²) in [5.41, 5.74) is 1.41. The van der Waals surface area contributed by atoms with Crippen molar-refractivity contribution in [3.63, 3.8) is 0 Å². The molecule has 6 nitrogen and oxygen atoms in total. The first kappa shape index (κ1) is 17.5. The zero-order valence-corrected chi connectivity index (χ0v) is 14.2. The van der Waals surface area contributed by atoms with Crippen LogP contribution in [0.3, 0.4) is 0 Å². The fourth-order valence-electron chi connectivity index (χ4n) is 3.72. The third-order valence-corrected chi connectivity index (χ3v) is 5.19. The highest BCUT2D eigenvalue weighted by atomic mass is 16.4. The van der Waals surface area contributed by atoms with E-state index in [0.29, 0.717) is 31.5 Å². The molecule has 1 aliphatic heterocycles. The number of rotatable bonds is 5. The van der Waals surface area contributed by atoms with Crippen molar-refractivity contribution >= 4 is 17.8 Å². The number of carbonyl (C=O) groups excluding carboxylic acids is 2. The van der Waals surface area contributed by atoms with E-state index in [1.807, 2.05) is 12.1 Å². The van der Waals surface area contributed by atoms with E-state index < -0.39 is 12.0 Å². The zero-order chi connectivity index (χ0) is 17.8. The number of nitrogens with one attached hydrogen (secondary N) is 1. The van der Waals surface area contributed by atoms with Crippen molar-refractivity contribution in [1.82, 2.24) is 10.2 Å². The molecule has 1 saturated carbocycles. The summed E-state index contributed by atoms with van der Waals surface area (Å²) in [6, 6.07) is 6.31. The highest BCUT2D eigenvalue weighted by Crippen LogP contribution is 2.25. The van der Waals surface area contributed by atoms with Crippen molar-refractivity contribution in [2.24, 2.45) is 5.92 Å². The van der Waals surface area contributed by atoms with Gasteiger partial charge in [-0.05, 0) is 43.4 Å². The third-order valence-electron chi connectivity index (χ3n) is 5.19. The van der Waals surface area contributed by atoms with E-state index in [2.05, 4.69) is 5.32 Å². The summed E-state index contributed by atoms with van der Waals surface area (Å²) in [4.78, 5) is 37.2. The van der Waals surface area contributed by atoms with Crippen LogP contribution in [-0.4, -0.2) is 40.4 Å². The van der Waals surface area contributed by atoms with Crippen LogP contribution in [0.2, 0.25) is 0 Å². The minimum atomic E-state index is -0.947. The van der Waals surface area contributed by atoms with Gasteiger partial charge in [-0.15, -0.1) is 0 Å². The summed E-state index contributed by atoms with van der Waals surface area (Å²) in [6.45, 7) is 0.931. The summed E-state index contributed by atoms with van der Waals surface area (Å²) in [7, 11) is 0. The number of likely N-dealkylation sites (tertiary alicyclic amines) is 1. The molecule has 1 heterocycles. The van der Waals surface area contributed by atoms with Crippen LogP contribution in [0.15, 0.2) is 24.3 Å². The van der Waals surface area contributed by atoms with Gasteiger partial charge >= 0.3 is 5.97 Å². The van der Waals surface area contributed by atoms with Gasteiger partial charge in [-0.2, -0.15) is 0 Å². The van der Waals surface area contributed by atoms with Gasteiger partial charge in [-0.3, -0.25) is 9.59 Å². The molecule has 25 heavy (non-hydrogen) atoms. The van der Waals surface area contributed by atoms with Gasteiger partial charge in [0.1, 0.15) is 6.04 Å². The Labute approximate surface area is 147 Å². The number of nitrogens with zero attached hydrogens (tertiary/aromatic N) is 1. The highest BCUT2D eigenvalue weighted by molar-refractivity contribution is 5.97. The maximum atomic E-state index is 12.5. The topological polar surface area (TPSA) is 86.7 Å². The lowest BCUT2D eigenvalue weighted by Gasteiger charge is -2.21. The monoisotopic (exact) mass is 344 g/mol. The predicted molar refractivity (Wildman–Crippen MR) is 91.9 cm³/mol. The van der Waals surface area contributed by atoms with Crippen molar-refractivity contribution in [1.29, 1.82) is 0 Å². The molecule has 6 heteroatoms. The first-order valence-corrected chi connectivity index (χ1v) is 8.96. The van der Waals surface area contributed by atoms with Crippen molar-refractivity contribution in [3.05, 3.63) is 35.4 Å². The zero-order valence-electron chi connectivity index (χ0n) is 14.2. The maximum Gasteiger partial charge on any atom is 0.326 e. The Hall–Kier alpha value is -2.37. The van der Waals surface area contributed by atoms with E-state index in [1.54, 1.807) is 12.1 Å². The molecule has 1 atom stereocenters. The molecule has 0 unspecified atom stereocenters. The Kier molecular flexibility index (Phi) is 5.36. The van der Waals surface area contributed by atoms with Crippen LogP contribution in [0.5, 0.6) is 0 Å². The molecule has 1 aromatic carbocycles. The Bertz CT molecular complexity index is 650. The Morgan fingerprint density at radius 2 is 1.72 bits per heavy atom. The average Bonchev–Trinajstić information content (AvgIpc) is 3.30. The molecule has 2 aliphatic rings. The van der Waals surface area contributed by atoms with Crippen molar-refractivity contribution < 1.29 is 19.5 Å². The van der Waals surface area contributed by atoms with Crippen LogP contribution in [0.4, 0.5) is 0 Å². The van der Waals surface area contributed by atoms with E-state index in [-0.39, 0.29) is 17.7 Å². The van der Waals surface area contributed by atoms with E-state index in [1.165, 1.54) is 4.90 Å². The molecule has 2 fully saturated rings. The average molecular weight is 344 g/mol. The van der Waals surface area contributed by atoms with Crippen LogP contribution in [-0.2, 0) is 16.1 Å². The Morgan fingerprint density at radius 1 is 1.04 bits per heavy atom. The smallest absolute Gasteiger partial charge is 0.326 e. The number of hydrogen-bond acceptors (Lipinski definition) is 3. The van der Waals surface area contributed by atoms with Gasteiger partial charge in [0.25, 0.3) is 5.91 Å². The molecule has 0 bridgehead atoms. The SMILES string of the molecule is O=C(NCc1ccc(C(=O)N2CCC[C@H]2C(=O)O)cc1)C1CCCC1. The second-order valence-electron chi connectivity index (χ2n) is 6.89. The van der Waals surface area contributed by atoms with Gasteiger partial charge < -0.3 is 15.3 Å². The largest absolute Gasteiger partial charge is 0.480 e. The molecule has 3 rings (SSSR count). The first-order chi connectivity index (χ1) is 12.1. The second kappa shape index (κ2) is 7.68. The third kappa shape index (κ3) is 4.00. The number of hydrogen-bond donors (Lipinski definition) is 2. The summed E-state index contributed by atoms with van der Waals surface area (Å²) in [5.74, 6) is -0.938. The van der Waals surface area contributed by atoms with E-state index in [9.17, 15) is 19.5 Å². The first-order valence-electron chi connectivity index (χ1n) is 8.96. The standard InChI is InChI=1S/C19H24N2O4/c22-17(14-4-1-2-5-14)20-12-13-7-9-15(10-8-13)18(23)21-11-3-6-16(21)19(24)25/h7-10,14,16H,1-6,11-12H2,(H,20,22)(H,24,25)/t16-/m0/s1. The lowest BCUT2D eigenvalue weighted by molar-refractivity contribution is -0.141. The summed E-state index contributed by atoms with van der Waals surface area (Å²) < 4.78 is 0. The molecule has 134 valence electrons. The van der Waals surface area contributed by atoms with E-state index >= 15 is 0 Å². The van der Waals surface area contributed by atoms with Crippen LogP contribution < -0.4 is 5.32 Å². The van der Waals surface area contributed by atoms with Gasteiger partial charge in [-0.1, -0.05) is 25.0 Å². The fourth-order valence-corrected chi connectivity index (χ4v) is 3.72. The molecule has 2 amide bonds. The molecule has 0 radical (unpaired) electrons. The lowest BCUT2D eigenvalue weighted by atomic mass is 10.1. The normalized spacial score (nSPS) is 20.6. The maximum absolute atomic E-state index is 12.5. The molecule has 2 N–H and O–H groups in total. The van der Waals surface area contributed by atoms with Gasteiger partial charge in [-0.25, -0.2) is 4.79 Å². The summed E-state index contributed by atoms with van der Waals surface area (Å²) in [5, 5.41) is 12.2. The van der Waals surface area contributed by atoms with Crippen LogP contribution in [0.25, 0.3) is 0 Å². The summed E-state index contributed by atoms with van der Waals surface area (Å²) >= 11 is 0. The van der Waals surface area contributed by atoms with Crippen LogP contribution in [0.1, 0.15) is 54.4 Å². The van der Waals surface area contributed by atoms with E-state index in [0.717, 1.165) is 31.2 Å². The van der Waals surface area contributed by atoms with Crippen LogP contribution >= 0.6 is 0 Å². The Balaban J connectivity index is 1.57. The van der Waals surface area contributed by atoms with Crippen molar-refractivity contribution in [3.8, 4) is 0 Å². The van der Waals surface area contributed by atoms with Crippen molar-refractivity contribution in [2.75, 3.05) is 6.54 Å². The van der Waals surface area contributed by atoms with Gasteiger partial charge in [0.05, 0.1) is 0 Å². The van der Waals surface area contributed by atoms with E-state index in [4.69, 9.17) is 0 Å². The lowest BCUT2D eigenvalue weighted by Crippen LogP contribution is -2.40.